The van der Waals surface area contributed by atoms with Crippen LogP contribution in [0.15, 0.2) is 23.6 Å². The highest BCUT2D eigenvalue weighted by Gasteiger charge is 2.09. The van der Waals surface area contributed by atoms with Gasteiger partial charge < -0.3 is 5.32 Å². The molecule has 0 bridgehead atoms. The number of benzene rings is 1. The Kier molecular flexibility index (Phi) is 5.14. The third kappa shape index (κ3) is 4.41. The molecule has 1 amide bonds. The lowest BCUT2D eigenvalue weighted by Gasteiger charge is -2.02. The quantitative estimate of drug-likeness (QED) is 0.934. The Morgan fingerprint density at radius 3 is 2.71 bits per heavy atom. The molecular weight excluding hydrogens is 304 g/mol. The minimum absolute atomic E-state index is 0.0693. The van der Waals surface area contributed by atoms with Gasteiger partial charge in [-0.15, -0.1) is 11.3 Å². The fraction of sp³-hybridized carbons (Fsp3) is 0.267. The Balaban J connectivity index is 2.05. The van der Waals surface area contributed by atoms with Gasteiger partial charge in [0.05, 0.1) is 11.4 Å². The SMILES string of the molecule is CC(=O)SCC(=O)Nc1nc(-c2ccc(C)c(C)c2)cs1. The average molecular weight is 320 g/mol. The molecule has 110 valence electrons. The van der Waals surface area contributed by atoms with Gasteiger partial charge in [0.15, 0.2) is 10.2 Å². The lowest BCUT2D eigenvalue weighted by Crippen LogP contribution is -2.14. The molecule has 0 saturated carbocycles. The normalized spacial score (nSPS) is 10.4. The molecule has 21 heavy (non-hydrogen) atoms. The van der Waals surface area contributed by atoms with Crippen molar-refractivity contribution in [2.45, 2.75) is 20.8 Å². The molecule has 0 atom stereocenters. The Morgan fingerprint density at radius 1 is 1.29 bits per heavy atom. The predicted octanol–water partition coefficient (Wildman–Crippen LogP) is 3.65. The summed E-state index contributed by atoms with van der Waals surface area (Å²) in [5.74, 6) is -0.0929. The van der Waals surface area contributed by atoms with Crippen molar-refractivity contribution < 1.29 is 9.59 Å². The molecule has 1 N–H and O–H groups in total. The van der Waals surface area contributed by atoms with E-state index in [0.717, 1.165) is 23.0 Å². The van der Waals surface area contributed by atoms with Crippen LogP contribution in [0.2, 0.25) is 0 Å². The highest BCUT2D eigenvalue weighted by Crippen LogP contribution is 2.26. The molecule has 6 heteroatoms. The van der Waals surface area contributed by atoms with Crippen LogP contribution in [0.4, 0.5) is 5.13 Å². The van der Waals surface area contributed by atoms with Crippen LogP contribution < -0.4 is 5.32 Å². The van der Waals surface area contributed by atoms with E-state index < -0.39 is 0 Å². The van der Waals surface area contributed by atoms with Crippen LogP contribution in [0.25, 0.3) is 11.3 Å². The summed E-state index contributed by atoms with van der Waals surface area (Å²) in [6.45, 7) is 5.57. The lowest BCUT2D eigenvalue weighted by molar-refractivity contribution is -0.114. The van der Waals surface area contributed by atoms with Crippen molar-refractivity contribution in [3.63, 3.8) is 0 Å². The number of carbonyl (C=O) groups is 2. The van der Waals surface area contributed by atoms with Crippen LogP contribution in [-0.4, -0.2) is 21.8 Å². The van der Waals surface area contributed by atoms with E-state index in [2.05, 4.69) is 36.3 Å². The minimum Gasteiger partial charge on any atom is -0.301 e. The molecule has 1 aromatic carbocycles. The van der Waals surface area contributed by atoms with E-state index in [1.165, 1.54) is 29.4 Å². The molecule has 1 aromatic heterocycles. The van der Waals surface area contributed by atoms with E-state index in [4.69, 9.17) is 0 Å². The molecule has 1 heterocycles. The number of aromatic nitrogens is 1. The maximum absolute atomic E-state index is 11.6. The van der Waals surface area contributed by atoms with E-state index in [1.54, 1.807) is 0 Å². The molecule has 0 radical (unpaired) electrons. The molecule has 0 fully saturated rings. The first-order valence-electron chi connectivity index (χ1n) is 6.42. The summed E-state index contributed by atoms with van der Waals surface area (Å²) in [6, 6.07) is 6.17. The van der Waals surface area contributed by atoms with Crippen LogP contribution in [0.3, 0.4) is 0 Å². The molecule has 0 spiro atoms. The summed E-state index contributed by atoms with van der Waals surface area (Å²) in [5, 5.41) is 5.11. The zero-order valence-corrected chi connectivity index (χ0v) is 13.7. The second-order valence-electron chi connectivity index (χ2n) is 4.67. The molecule has 0 aliphatic rings. The van der Waals surface area contributed by atoms with Gasteiger partial charge in [0.1, 0.15) is 0 Å². The second-order valence-corrected chi connectivity index (χ2v) is 6.68. The fourth-order valence-corrected chi connectivity index (χ4v) is 2.83. The minimum atomic E-state index is -0.212. The zero-order chi connectivity index (χ0) is 15.4. The topological polar surface area (TPSA) is 59.1 Å². The standard InChI is InChI=1S/C15H16N2O2S2/c1-9-4-5-12(6-10(9)2)13-7-21-15(16-13)17-14(19)8-20-11(3)18/h4-7H,8H2,1-3H3,(H,16,17,19). The van der Waals surface area contributed by atoms with E-state index in [0.29, 0.717) is 5.13 Å². The largest absolute Gasteiger partial charge is 0.301 e. The second kappa shape index (κ2) is 6.87. The van der Waals surface area contributed by atoms with Crippen molar-refractivity contribution in [1.29, 1.82) is 0 Å². The van der Waals surface area contributed by atoms with Gasteiger partial charge >= 0.3 is 0 Å². The highest BCUT2D eigenvalue weighted by molar-refractivity contribution is 8.14. The van der Waals surface area contributed by atoms with Crippen molar-refractivity contribution in [1.82, 2.24) is 4.98 Å². The maximum Gasteiger partial charge on any atom is 0.236 e. The molecule has 2 aromatic rings. The number of carbonyl (C=O) groups excluding carboxylic acids is 2. The molecular formula is C15H16N2O2S2. The summed E-state index contributed by atoms with van der Waals surface area (Å²) in [6.07, 6.45) is 0. The number of nitrogens with one attached hydrogen (secondary N) is 1. The van der Waals surface area contributed by atoms with Gasteiger partial charge in [-0.3, -0.25) is 9.59 Å². The van der Waals surface area contributed by atoms with Gasteiger partial charge in [0.25, 0.3) is 0 Å². The van der Waals surface area contributed by atoms with Crippen LogP contribution >= 0.6 is 23.1 Å². The van der Waals surface area contributed by atoms with E-state index in [1.807, 2.05) is 11.4 Å². The number of hydrogen-bond acceptors (Lipinski definition) is 5. The summed E-state index contributed by atoms with van der Waals surface area (Å²) >= 11 is 2.37. The Morgan fingerprint density at radius 2 is 2.05 bits per heavy atom. The Bertz CT molecular complexity index is 680. The third-order valence-electron chi connectivity index (χ3n) is 2.96. The number of thiazole rings is 1. The van der Waals surface area contributed by atoms with Gasteiger partial charge in [-0.1, -0.05) is 23.9 Å². The van der Waals surface area contributed by atoms with Gasteiger partial charge in [0, 0.05) is 17.9 Å². The number of rotatable bonds is 4. The Hall–Kier alpha value is -1.66. The molecule has 4 nitrogen and oxygen atoms in total. The summed E-state index contributed by atoms with van der Waals surface area (Å²) < 4.78 is 0. The van der Waals surface area contributed by atoms with Gasteiger partial charge in [-0.2, -0.15) is 0 Å². The molecule has 0 aliphatic carbocycles. The van der Waals surface area contributed by atoms with Crippen LogP contribution in [-0.2, 0) is 9.59 Å². The number of thioether (sulfide) groups is 1. The number of amides is 1. The first-order valence-corrected chi connectivity index (χ1v) is 8.28. The smallest absolute Gasteiger partial charge is 0.236 e. The number of nitrogens with zero attached hydrogens (tertiary/aromatic N) is 1. The highest BCUT2D eigenvalue weighted by atomic mass is 32.2. The van der Waals surface area contributed by atoms with Crippen molar-refractivity contribution in [2.24, 2.45) is 0 Å². The van der Waals surface area contributed by atoms with Crippen molar-refractivity contribution in [3.8, 4) is 11.3 Å². The molecule has 2 rings (SSSR count). The van der Waals surface area contributed by atoms with Crippen molar-refractivity contribution >= 4 is 39.3 Å². The molecule has 0 aliphatic heterocycles. The first kappa shape index (κ1) is 15.7. The number of hydrogen-bond donors (Lipinski definition) is 1. The summed E-state index contributed by atoms with van der Waals surface area (Å²) in [7, 11) is 0. The number of anilines is 1. The summed E-state index contributed by atoms with van der Waals surface area (Å²) in [4.78, 5) is 26.9. The van der Waals surface area contributed by atoms with E-state index in [-0.39, 0.29) is 16.8 Å². The Labute approximate surface area is 132 Å². The van der Waals surface area contributed by atoms with Gasteiger partial charge in [-0.05, 0) is 31.0 Å². The van der Waals surface area contributed by atoms with E-state index in [9.17, 15) is 9.59 Å². The van der Waals surface area contributed by atoms with Crippen LogP contribution in [0.1, 0.15) is 18.1 Å². The van der Waals surface area contributed by atoms with Crippen molar-refractivity contribution in [3.05, 3.63) is 34.7 Å². The predicted molar refractivity (Wildman–Crippen MR) is 88.8 cm³/mol. The van der Waals surface area contributed by atoms with Crippen LogP contribution in [0.5, 0.6) is 0 Å². The maximum atomic E-state index is 11.6. The van der Waals surface area contributed by atoms with Crippen LogP contribution in [0, 0.1) is 13.8 Å². The van der Waals surface area contributed by atoms with Crippen molar-refractivity contribution in [2.75, 3.05) is 11.1 Å². The fourth-order valence-electron chi connectivity index (χ4n) is 1.69. The zero-order valence-electron chi connectivity index (χ0n) is 12.1. The van der Waals surface area contributed by atoms with Gasteiger partial charge in [0.2, 0.25) is 5.91 Å². The van der Waals surface area contributed by atoms with E-state index >= 15 is 0 Å². The molecule has 0 saturated heterocycles. The van der Waals surface area contributed by atoms with Gasteiger partial charge in [-0.25, -0.2) is 4.98 Å². The molecule has 0 unspecified atom stereocenters. The monoisotopic (exact) mass is 320 g/mol. The third-order valence-corrected chi connectivity index (χ3v) is 4.53. The first-order chi connectivity index (χ1) is 9.95. The average Bonchev–Trinajstić information content (AvgIpc) is 2.88. The summed E-state index contributed by atoms with van der Waals surface area (Å²) in [5.41, 5.74) is 4.33. The number of aryl methyl sites for hydroxylation is 2. The lowest BCUT2D eigenvalue weighted by atomic mass is 10.1.